The van der Waals surface area contributed by atoms with Crippen LogP contribution in [0.1, 0.15) is 62.3 Å². The van der Waals surface area contributed by atoms with Crippen molar-refractivity contribution in [3.63, 3.8) is 0 Å². The lowest BCUT2D eigenvalue weighted by atomic mass is 9.79. The van der Waals surface area contributed by atoms with Crippen LogP contribution in [0, 0.1) is 18.8 Å². The molecule has 6 heteroatoms. The van der Waals surface area contributed by atoms with E-state index >= 15 is 0 Å². The number of rotatable bonds is 5. The van der Waals surface area contributed by atoms with Gasteiger partial charge >= 0.3 is 0 Å². The molecule has 0 aromatic carbocycles. The van der Waals surface area contributed by atoms with Crippen LogP contribution in [-0.4, -0.2) is 27.4 Å². The molecule has 6 nitrogen and oxygen atoms in total. The summed E-state index contributed by atoms with van der Waals surface area (Å²) in [6.45, 7) is 2.74. The largest absolute Gasteiger partial charge is 0.356 e. The first-order chi connectivity index (χ1) is 13.6. The van der Waals surface area contributed by atoms with Gasteiger partial charge in [-0.2, -0.15) is 5.10 Å². The third kappa shape index (κ3) is 4.21. The van der Waals surface area contributed by atoms with Gasteiger partial charge in [0.2, 0.25) is 5.91 Å². The Balaban J connectivity index is 1.32. The summed E-state index contributed by atoms with van der Waals surface area (Å²) in [5.74, 6) is 2.22. The molecule has 0 radical (unpaired) electrons. The third-order valence-electron chi connectivity index (χ3n) is 6.19. The Morgan fingerprint density at radius 1 is 1.25 bits per heavy atom. The summed E-state index contributed by atoms with van der Waals surface area (Å²) in [5.41, 5.74) is 3.07. The van der Waals surface area contributed by atoms with E-state index in [1.165, 1.54) is 0 Å². The summed E-state index contributed by atoms with van der Waals surface area (Å²) >= 11 is 0. The van der Waals surface area contributed by atoms with Gasteiger partial charge in [-0.25, -0.2) is 0 Å². The molecule has 1 saturated carbocycles. The highest BCUT2D eigenvalue weighted by Gasteiger charge is 2.28. The van der Waals surface area contributed by atoms with Gasteiger partial charge in [-0.05, 0) is 57.8 Å². The molecule has 1 atom stereocenters. The minimum atomic E-state index is 0.169. The molecule has 0 saturated heterocycles. The molecular formula is C22H30N4O2. The quantitative estimate of drug-likeness (QED) is 0.789. The van der Waals surface area contributed by atoms with Crippen LogP contribution in [0.25, 0.3) is 11.3 Å². The predicted molar refractivity (Wildman–Crippen MR) is 108 cm³/mol. The monoisotopic (exact) mass is 382 g/mol. The first-order valence-electron chi connectivity index (χ1n) is 10.5. The normalized spacial score (nSPS) is 25.0. The van der Waals surface area contributed by atoms with Crippen molar-refractivity contribution in [2.75, 3.05) is 6.54 Å². The topological polar surface area (TPSA) is 73.0 Å². The van der Waals surface area contributed by atoms with Crippen LogP contribution >= 0.6 is 0 Å². The lowest BCUT2D eigenvalue weighted by molar-refractivity contribution is -0.125. The van der Waals surface area contributed by atoms with Gasteiger partial charge in [0, 0.05) is 37.7 Å². The highest BCUT2D eigenvalue weighted by molar-refractivity contribution is 5.78. The number of hydrogen-bond acceptors (Lipinski definition) is 4. The second kappa shape index (κ2) is 8.33. The Morgan fingerprint density at radius 2 is 2.07 bits per heavy atom. The zero-order valence-corrected chi connectivity index (χ0v) is 16.9. The summed E-state index contributed by atoms with van der Waals surface area (Å²) in [5, 5.41) is 12.0. The number of carbonyl (C=O) groups excluding carboxylic acids is 1. The molecule has 0 unspecified atom stereocenters. The number of allylic oxidation sites excluding steroid dienone is 2. The Hall–Kier alpha value is -2.37. The van der Waals surface area contributed by atoms with Crippen LogP contribution in [0.5, 0.6) is 0 Å². The molecule has 1 N–H and O–H groups in total. The van der Waals surface area contributed by atoms with Crippen LogP contribution in [0.15, 0.2) is 28.9 Å². The summed E-state index contributed by atoms with van der Waals surface area (Å²) < 4.78 is 7.35. The fourth-order valence-corrected chi connectivity index (χ4v) is 4.55. The van der Waals surface area contributed by atoms with E-state index in [-0.39, 0.29) is 11.8 Å². The van der Waals surface area contributed by atoms with E-state index < -0.39 is 0 Å². The second-order valence-corrected chi connectivity index (χ2v) is 8.38. The number of carbonyl (C=O) groups is 1. The van der Waals surface area contributed by atoms with Gasteiger partial charge < -0.3 is 9.84 Å². The maximum atomic E-state index is 12.4. The first kappa shape index (κ1) is 19.0. The highest BCUT2D eigenvalue weighted by Crippen LogP contribution is 2.39. The molecule has 1 fully saturated rings. The summed E-state index contributed by atoms with van der Waals surface area (Å²) in [7, 11) is 1.96. The fourth-order valence-electron chi connectivity index (χ4n) is 4.55. The van der Waals surface area contributed by atoms with E-state index in [1.54, 1.807) is 0 Å². The van der Waals surface area contributed by atoms with Crippen molar-refractivity contribution in [2.24, 2.45) is 18.9 Å². The summed E-state index contributed by atoms with van der Waals surface area (Å²) in [6, 6.07) is 1.97. The van der Waals surface area contributed by atoms with Crippen molar-refractivity contribution in [3.8, 4) is 11.3 Å². The second-order valence-electron chi connectivity index (χ2n) is 8.38. The number of hydrogen-bond donors (Lipinski definition) is 1. The SMILES string of the molecule is Cc1cc(-c2cn(C)nc2C2CCC(CNC(=O)[C@H]3CC=CCC3)CC2)on1. The molecule has 28 heavy (non-hydrogen) atoms. The van der Waals surface area contributed by atoms with Gasteiger partial charge in [0.1, 0.15) is 0 Å². The summed E-state index contributed by atoms with van der Waals surface area (Å²) in [4.78, 5) is 12.4. The van der Waals surface area contributed by atoms with Crippen molar-refractivity contribution in [2.45, 2.75) is 57.8 Å². The zero-order valence-electron chi connectivity index (χ0n) is 16.9. The van der Waals surface area contributed by atoms with Crippen molar-refractivity contribution >= 4 is 5.91 Å². The zero-order chi connectivity index (χ0) is 19.5. The smallest absolute Gasteiger partial charge is 0.223 e. The molecule has 2 heterocycles. The number of aryl methyl sites for hydroxylation is 2. The standard InChI is InChI=1S/C22H30N4O2/c1-15-12-20(28-25-15)19-14-26(2)24-21(19)17-10-8-16(9-11-17)13-23-22(27)18-6-4-3-5-7-18/h3-4,12,14,16-18H,5-11,13H2,1-2H3,(H,23,27)/t16?,17?,18-/m0/s1. The molecule has 150 valence electrons. The molecule has 0 spiro atoms. The molecule has 2 aromatic heterocycles. The molecule has 2 aliphatic carbocycles. The number of amides is 1. The van der Waals surface area contributed by atoms with Crippen LogP contribution in [-0.2, 0) is 11.8 Å². The molecule has 2 aliphatic rings. The minimum Gasteiger partial charge on any atom is -0.356 e. The molecule has 2 aromatic rings. The van der Waals surface area contributed by atoms with Crippen LogP contribution in [0.4, 0.5) is 0 Å². The van der Waals surface area contributed by atoms with E-state index in [1.807, 2.05) is 30.9 Å². The fraction of sp³-hybridized carbons (Fsp3) is 0.591. The molecule has 1 amide bonds. The van der Waals surface area contributed by atoms with Crippen LogP contribution < -0.4 is 5.32 Å². The Labute approximate surface area is 166 Å². The van der Waals surface area contributed by atoms with Crippen molar-refractivity contribution < 1.29 is 9.32 Å². The lowest BCUT2D eigenvalue weighted by Gasteiger charge is -2.28. The Morgan fingerprint density at radius 3 is 2.75 bits per heavy atom. The van der Waals surface area contributed by atoms with Gasteiger partial charge in [-0.15, -0.1) is 0 Å². The number of nitrogens with one attached hydrogen (secondary N) is 1. The van der Waals surface area contributed by atoms with Gasteiger partial charge in [-0.1, -0.05) is 17.3 Å². The molecule has 0 aliphatic heterocycles. The van der Waals surface area contributed by atoms with E-state index in [2.05, 4.69) is 22.6 Å². The predicted octanol–water partition coefficient (Wildman–Crippen LogP) is 4.13. The maximum Gasteiger partial charge on any atom is 0.223 e. The first-order valence-corrected chi connectivity index (χ1v) is 10.5. The van der Waals surface area contributed by atoms with E-state index in [9.17, 15) is 4.79 Å². The van der Waals surface area contributed by atoms with Crippen molar-refractivity contribution in [1.82, 2.24) is 20.3 Å². The molecule has 4 rings (SSSR count). The van der Waals surface area contributed by atoms with E-state index in [0.717, 1.165) is 74.2 Å². The Bertz CT molecular complexity index is 843. The average Bonchev–Trinajstić information content (AvgIpc) is 3.32. The third-order valence-corrected chi connectivity index (χ3v) is 6.19. The minimum absolute atomic E-state index is 0.169. The van der Waals surface area contributed by atoms with E-state index in [0.29, 0.717) is 11.8 Å². The Kier molecular flexibility index (Phi) is 5.64. The highest BCUT2D eigenvalue weighted by atomic mass is 16.5. The van der Waals surface area contributed by atoms with Crippen LogP contribution in [0.3, 0.4) is 0 Å². The van der Waals surface area contributed by atoms with Crippen molar-refractivity contribution in [1.29, 1.82) is 0 Å². The number of aromatic nitrogens is 3. The van der Waals surface area contributed by atoms with Gasteiger partial charge in [0.25, 0.3) is 0 Å². The van der Waals surface area contributed by atoms with Gasteiger partial charge in [0.05, 0.1) is 17.0 Å². The van der Waals surface area contributed by atoms with E-state index in [4.69, 9.17) is 9.62 Å². The average molecular weight is 383 g/mol. The van der Waals surface area contributed by atoms with Crippen LogP contribution in [0.2, 0.25) is 0 Å². The summed E-state index contributed by atoms with van der Waals surface area (Å²) in [6.07, 6.45) is 13.7. The molecule has 0 bridgehead atoms. The molecular weight excluding hydrogens is 352 g/mol. The number of nitrogens with zero attached hydrogens (tertiary/aromatic N) is 3. The van der Waals surface area contributed by atoms with Gasteiger partial charge in [0.15, 0.2) is 5.76 Å². The lowest BCUT2D eigenvalue weighted by Crippen LogP contribution is -2.35. The van der Waals surface area contributed by atoms with Crippen molar-refractivity contribution in [3.05, 3.63) is 35.8 Å². The maximum absolute atomic E-state index is 12.4. The van der Waals surface area contributed by atoms with Gasteiger partial charge in [-0.3, -0.25) is 9.48 Å².